The van der Waals surface area contributed by atoms with Gasteiger partial charge < -0.3 is 9.47 Å². The van der Waals surface area contributed by atoms with Crippen molar-refractivity contribution in [3.8, 4) is 0 Å². The highest BCUT2D eigenvalue weighted by Gasteiger charge is 2.29. The highest BCUT2D eigenvalue weighted by Crippen LogP contribution is 2.23. The van der Waals surface area contributed by atoms with E-state index in [1.165, 1.54) is 12.2 Å². The lowest BCUT2D eigenvalue weighted by Gasteiger charge is -2.27. The Hall–Kier alpha value is -2.11. The standard InChI is InChI=1S/C21H24O4S/c1-4-6-15(7-5-2)14-19-18(22)12-13-20(24-19)25-21(23)16-8-10-17(26-3)11-9-16/h4-5,8-13,15,19-20H,1-2,6-7,14H2,3H3. The molecule has 0 saturated heterocycles. The fraction of sp³-hybridized carbons (Fsp3) is 0.333. The van der Waals surface area contributed by atoms with Crippen molar-refractivity contribution in [2.75, 3.05) is 6.26 Å². The predicted molar refractivity (Wildman–Crippen MR) is 104 cm³/mol. The van der Waals surface area contributed by atoms with Gasteiger partial charge in [0.15, 0.2) is 5.78 Å². The number of rotatable bonds is 9. The highest BCUT2D eigenvalue weighted by atomic mass is 32.2. The smallest absolute Gasteiger partial charge is 0.340 e. The van der Waals surface area contributed by atoms with Crippen LogP contribution in [0.5, 0.6) is 0 Å². The van der Waals surface area contributed by atoms with Crippen molar-refractivity contribution in [3.63, 3.8) is 0 Å². The summed E-state index contributed by atoms with van der Waals surface area (Å²) in [5.41, 5.74) is 0.449. The van der Waals surface area contributed by atoms with Gasteiger partial charge in [0, 0.05) is 4.90 Å². The summed E-state index contributed by atoms with van der Waals surface area (Å²) < 4.78 is 11.1. The maximum atomic E-state index is 12.3. The number of hydrogen-bond donors (Lipinski definition) is 0. The van der Waals surface area contributed by atoms with E-state index in [0.717, 1.165) is 17.7 Å². The van der Waals surface area contributed by atoms with Crippen LogP contribution in [-0.4, -0.2) is 30.4 Å². The van der Waals surface area contributed by atoms with Crippen molar-refractivity contribution in [1.82, 2.24) is 0 Å². The first-order chi connectivity index (χ1) is 12.6. The Morgan fingerprint density at radius 2 is 1.92 bits per heavy atom. The average molecular weight is 372 g/mol. The van der Waals surface area contributed by atoms with Gasteiger partial charge in [0.1, 0.15) is 6.10 Å². The number of carbonyl (C=O) groups is 2. The van der Waals surface area contributed by atoms with Gasteiger partial charge in [0.2, 0.25) is 6.29 Å². The summed E-state index contributed by atoms with van der Waals surface area (Å²) in [5.74, 6) is -0.366. The fourth-order valence-corrected chi connectivity index (χ4v) is 3.17. The third-order valence-electron chi connectivity index (χ3n) is 4.13. The van der Waals surface area contributed by atoms with Gasteiger partial charge in [-0.25, -0.2) is 4.79 Å². The van der Waals surface area contributed by atoms with Crippen molar-refractivity contribution in [2.24, 2.45) is 5.92 Å². The van der Waals surface area contributed by atoms with Crippen molar-refractivity contribution in [3.05, 3.63) is 67.3 Å². The third kappa shape index (κ3) is 5.71. The molecule has 0 aromatic heterocycles. The van der Waals surface area contributed by atoms with Crippen molar-refractivity contribution < 1.29 is 19.1 Å². The van der Waals surface area contributed by atoms with Crippen molar-refractivity contribution in [2.45, 2.75) is 36.6 Å². The molecule has 0 bridgehead atoms. The minimum Gasteiger partial charge on any atom is -0.428 e. The SMILES string of the molecule is C=CCC(CC=C)CC1OC(OC(=O)c2ccc(SC)cc2)C=CC1=O. The molecule has 0 amide bonds. The molecular formula is C21H24O4S. The topological polar surface area (TPSA) is 52.6 Å². The Bertz CT molecular complexity index is 668. The van der Waals surface area contributed by atoms with Crippen LogP contribution >= 0.6 is 11.8 Å². The summed E-state index contributed by atoms with van der Waals surface area (Å²) >= 11 is 1.60. The molecule has 138 valence electrons. The molecule has 1 heterocycles. The minimum atomic E-state index is -0.862. The van der Waals surface area contributed by atoms with Gasteiger partial charge in [0.25, 0.3) is 0 Å². The number of ketones is 1. The molecule has 2 atom stereocenters. The van der Waals surface area contributed by atoms with Crippen LogP contribution in [0, 0.1) is 5.92 Å². The lowest BCUT2D eigenvalue weighted by atomic mass is 9.92. The van der Waals surface area contributed by atoms with E-state index in [9.17, 15) is 9.59 Å². The quantitative estimate of drug-likeness (QED) is 0.361. The molecule has 0 saturated carbocycles. The molecule has 26 heavy (non-hydrogen) atoms. The summed E-state index contributed by atoms with van der Waals surface area (Å²) in [6, 6.07) is 7.15. The van der Waals surface area contributed by atoms with Crippen LogP contribution in [0.25, 0.3) is 0 Å². The Morgan fingerprint density at radius 1 is 1.27 bits per heavy atom. The van der Waals surface area contributed by atoms with Crippen LogP contribution in [0.2, 0.25) is 0 Å². The molecule has 0 radical (unpaired) electrons. The summed E-state index contributed by atoms with van der Waals surface area (Å²) in [5, 5.41) is 0. The average Bonchev–Trinajstić information content (AvgIpc) is 2.65. The zero-order valence-electron chi connectivity index (χ0n) is 14.9. The zero-order chi connectivity index (χ0) is 18.9. The second-order valence-corrected chi connectivity index (χ2v) is 6.92. The number of allylic oxidation sites excluding steroid dienone is 2. The van der Waals surface area contributed by atoms with Gasteiger partial charge in [0.05, 0.1) is 5.56 Å². The highest BCUT2D eigenvalue weighted by molar-refractivity contribution is 7.98. The number of benzene rings is 1. The maximum Gasteiger partial charge on any atom is 0.340 e. The normalized spacial score (nSPS) is 19.4. The lowest BCUT2D eigenvalue weighted by molar-refractivity contribution is -0.152. The lowest BCUT2D eigenvalue weighted by Crippen LogP contribution is -2.35. The molecule has 4 nitrogen and oxygen atoms in total. The van der Waals surface area contributed by atoms with E-state index in [4.69, 9.17) is 9.47 Å². The summed E-state index contributed by atoms with van der Waals surface area (Å²) in [6.45, 7) is 7.50. The van der Waals surface area contributed by atoms with E-state index in [0.29, 0.717) is 12.0 Å². The first-order valence-corrected chi connectivity index (χ1v) is 9.74. The van der Waals surface area contributed by atoms with Crippen molar-refractivity contribution in [1.29, 1.82) is 0 Å². The molecule has 0 N–H and O–H groups in total. The number of thioether (sulfide) groups is 1. The van der Waals surface area contributed by atoms with Gasteiger partial charge in [-0.3, -0.25) is 4.79 Å². The Morgan fingerprint density at radius 3 is 2.50 bits per heavy atom. The number of esters is 1. The largest absolute Gasteiger partial charge is 0.428 e. The van der Waals surface area contributed by atoms with Gasteiger partial charge in [-0.15, -0.1) is 24.9 Å². The van der Waals surface area contributed by atoms with Gasteiger partial charge >= 0.3 is 5.97 Å². The second-order valence-electron chi connectivity index (χ2n) is 6.04. The summed E-state index contributed by atoms with van der Waals surface area (Å²) in [4.78, 5) is 25.4. The van der Waals surface area contributed by atoms with Gasteiger partial charge in [-0.1, -0.05) is 12.2 Å². The zero-order valence-corrected chi connectivity index (χ0v) is 15.7. The molecule has 0 spiro atoms. The minimum absolute atomic E-state index is 0.111. The fourth-order valence-electron chi connectivity index (χ4n) is 2.76. The number of hydrogen-bond acceptors (Lipinski definition) is 5. The van der Waals surface area contributed by atoms with Crippen LogP contribution in [0.1, 0.15) is 29.6 Å². The van der Waals surface area contributed by atoms with E-state index in [1.807, 2.05) is 30.5 Å². The first-order valence-electron chi connectivity index (χ1n) is 8.51. The predicted octanol–water partition coefficient (Wildman–Crippen LogP) is 4.57. The summed E-state index contributed by atoms with van der Waals surface area (Å²) in [7, 11) is 0. The van der Waals surface area contributed by atoms with E-state index in [2.05, 4.69) is 13.2 Å². The Balaban J connectivity index is 1.98. The van der Waals surface area contributed by atoms with Gasteiger partial charge in [-0.05, 0) is 67.9 Å². The Labute approximate surface area is 159 Å². The second kappa shape index (κ2) is 10.1. The van der Waals surface area contributed by atoms with Crippen molar-refractivity contribution >= 4 is 23.5 Å². The summed E-state index contributed by atoms with van der Waals surface area (Å²) in [6.07, 6.45) is 9.13. The third-order valence-corrected chi connectivity index (χ3v) is 4.87. The molecule has 1 aliphatic heterocycles. The molecule has 2 unspecified atom stereocenters. The molecule has 1 aromatic rings. The van der Waals surface area contributed by atoms with E-state index < -0.39 is 18.4 Å². The molecule has 0 aliphatic carbocycles. The molecule has 0 fully saturated rings. The van der Waals surface area contributed by atoms with Crippen LogP contribution in [0.15, 0.2) is 66.6 Å². The molecule has 1 aliphatic rings. The molecular weight excluding hydrogens is 348 g/mol. The molecule has 5 heteroatoms. The first kappa shape index (κ1) is 20.2. The van der Waals surface area contributed by atoms with E-state index >= 15 is 0 Å². The Kier molecular flexibility index (Phi) is 7.88. The number of ether oxygens (including phenoxy) is 2. The van der Waals surface area contributed by atoms with Crippen LogP contribution in [-0.2, 0) is 14.3 Å². The van der Waals surface area contributed by atoms with E-state index in [-0.39, 0.29) is 11.7 Å². The number of carbonyl (C=O) groups excluding carboxylic acids is 2. The monoisotopic (exact) mass is 372 g/mol. The maximum absolute atomic E-state index is 12.3. The molecule has 2 rings (SSSR count). The van der Waals surface area contributed by atoms with Crippen LogP contribution < -0.4 is 0 Å². The van der Waals surface area contributed by atoms with Crippen LogP contribution in [0.4, 0.5) is 0 Å². The van der Waals surface area contributed by atoms with Gasteiger partial charge in [-0.2, -0.15) is 0 Å². The van der Waals surface area contributed by atoms with Crippen LogP contribution in [0.3, 0.4) is 0 Å². The van der Waals surface area contributed by atoms with E-state index in [1.54, 1.807) is 23.9 Å². The molecule has 1 aromatic carbocycles.